The van der Waals surface area contributed by atoms with Crippen LogP contribution in [0.15, 0.2) is 116 Å². The van der Waals surface area contributed by atoms with E-state index in [2.05, 4.69) is 41.3 Å². The molecular formula is C60H74Cl2N8O8. The first kappa shape index (κ1) is 60.4. The summed E-state index contributed by atoms with van der Waals surface area (Å²) < 4.78 is 15.3. The molecule has 3 atom stereocenters. The number of nitrogens with zero attached hydrogens (tertiary/aromatic N) is 4. The summed E-state index contributed by atoms with van der Waals surface area (Å²) in [5.41, 5.74) is 13.6. The van der Waals surface area contributed by atoms with Crippen LogP contribution in [0.2, 0.25) is 10.0 Å². The molecular weight excluding hydrogens is 1030 g/mol. The average molecular weight is 1110 g/mol. The number of ether oxygens (including phenoxy) is 2. The molecule has 0 saturated carbocycles. The van der Waals surface area contributed by atoms with E-state index in [0.717, 1.165) is 50.7 Å². The number of nitrogens with two attached hydrogens (primary N) is 1. The number of hydrogen-bond acceptors (Lipinski definition) is 11. The molecule has 3 amide bonds. The number of aromatic nitrogens is 4. The first-order valence-electron chi connectivity index (χ1n) is 26.3. The largest absolute Gasteiger partial charge is 0.489 e. The number of aliphatic hydroxyl groups excluding tert-OH is 3. The van der Waals surface area contributed by atoms with Gasteiger partial charge in [0.05, 0.1) is 45.8 Å². The lowest BCUT2D eigenvalue weighted by Gasteiger charge is -2.20. The molecule has 0 aliphatic heterocycles. The summed E-state index contributed by atoms with van der Waals surface area (Å²) in [4.78, 5) is 47.3. The van der Waals surface area contributed by atoms with Crippen molar-refractivity contribution >= 4 is 46.6 Å². The van der Waals surface area contributed by atoms with E-state index in [4.69, 9.17) is 53.5 Å². The molecule has 7 aromatic rings. The van der Waals surface area contributed by atoms with Gasteiger partial charge in [-0.25, -0.2) is 9.97 Å². The van der Waals surface area contributed by atoms with Crippen molar-refractivity contribution in [1.82, 2.24) is 34.9 Å². The Labute approximate surface area is 467 Å². The lowest BCUT2D eigenvalue weighted by atomic mass is 9.95. The minimum Gasteiger partial charge on any atom is -0.489 e. The maximum Gasteiger partial charge on any atom is 0.251 e. The van der Waals surface area contributed by atoms with Crippen LogP contribution in [0, 0.1) is 0 Å². The maximum atomic E-state index is 13.1. The quantitative estimate of drug-likeness (QED) is 0.0319. The third kappa shape index (κ3) is 16.9. The predicted molar refractivity (Wildman–Crippen MR) is 307 cm³/mol. The fraction of sp³-hybridized carbons (Fsp3) is 0.383. The smallest absolute Gasteiger partial charge is 0.251 e. The summed E-state index contributed by atoms with van der Waals surface area (Å²) in [7, 11) is 0. The monoisotopic (exact) mass is 1100 g/mol. The van der Waals surface area contributed by atoms with E-state index in [9.17, 15) is 24.6 Å². The fourth-order valence-corrected chi connectivity index (χ4v) is 9.13. The number of aliphatic hydroxyl groups is 3. The van der Waals surface area contributed by atoms with Crippen LogP contribution in [0.25, 0.3) is 28.2 Å². The SMILES string of the molecule is CC(C)Oc1ccc(C(=O)NC(CNC(=O)CO)Cc2ccc(-c3cn(CCN)c(C(C)(C)C)n3)cc2)cc1Cl.CCC(O)c1cccn2cc(-c3ccc(CC(CCO)NC(=O)c4ccc(OC(C)C)c(Cl)c4)cc3)nc12. The van der Waals surface area contributed by atoms with Crippen molar-refractivity contribution in [2.45, 2.75) is 123 Å². The molecule has 0 bridgehead atoms. The molecule has 416 valence electrons. The number of pyridine rings is 1. The van der Waals surface area contributed by atoms with Gasteiger partial charge >= 0.3 is 0 Å². The van der Waals surface area contributed by atoms with Gasteiger partial charge in [-0.15, -0.1) is 0 Å². The van der Waals surface area contributed by atoms with Crippen LogP contribution in [0.4, 0.5) is 0 Å². The normalized spacial score (nSPS) is 12.7. The number of carbonyl (C=O) groups excluding carboxylic acids is 3. The number of hydrogen-bond donors (Lipinski definition) is 7. The van der Waals surface area contributed by atoms with Crippen molar-refractivity contribution in [3.8, 4) is 34.0 Å². The van der Waals surface area contributed by atoms with Gasteiger partial charge < -0.3 is 55.4 Å². The zero-order chi connectivity index (χ0) is 56.7. The Balaban J connectivity index is 0.000000253. The number of benzene rings is 4. The highest BCUT2D eigenvalue weighted by Gasteiger charge is 2.23. The number of fused-ring (bicyclic) bond motifs is 1. The Morgan fingerprint density at radius 2 is 1.26 bits per heavy atom. The van der Waals surface area contributed by atoms with Crippen LogP contribution in [0.3, 0.4) is 0 Å². The number of rotatable bonds is 23. The van der Waals surface area contributed by atoms with E-state index in [1.54, 1.807) is 36.4 Å². The van der Waals surface area contributed by atoms with Gasteiger partial charge in [-0.05, 0) is 107 Å². The molecule has 0 radical (unpaired) electrons. The Kier molecular flexibility index (Phi) is 21.8. The highest BCUT2D eigenvalue weighted by molar-refractivity contribution is 6.32. The first-order valence-corrected chi connectivity index (χ1v) is 27.1. The van der Waals surface area contributed by atoms with Crippen LogP contribution >= 0.6 is 23.2 Å². The van der Waals surface area contributed by atoms with Gasteiger partial charge in [0.25, 0.3) is 11.8 Å². The summed E-state index contributed by atoms with van der Waals surface area (Å²) in [6.07, 6.45) is 7.33. The van der Waals surface area contributed by atoms with Gasteiger partial charge in [0.15, 0.2) is 0 Å². The van der Waals surface area contributed by atoms with Crippen molar-refractivity contribution < 1.29 is 39.2 Å². The fourth-order valence-electron chi connectivity index (χ4n) is 8.68. The Morgan fingerprint density at radius 1 is 0.731 bits per heavy atom. The molecule has 0 saturated heterocycles. The molecule has 3 aromatic heterocycles. The average Bonchev–Trinajstić information content (AvgIpc) is 4.08. The van der Waals surface area contributed by atoms with E-state index in [0.29, 0.717) is 71.4 Å². The minimum absolute atomic E-state index is 0.0216. The molecule has 0 fully saturated rings. The third-order valence-electron chi connectivity index (χ3n) is 12.5. The van der Waals surface area contributed by atoms with Crippen molar-refractivity contribution in [2.75, 3.05) is 26.3 Å². The molecule has 18 heteroatoms. The van der Waals surface area contributed by atoms with E-state index in [-0.39, 0.29) is 48.6 Å². The Hall–Kier alpha value is -6.79. The Morgan fingerprint density at radius 3 is 1.73 bits per heavy atom. The lowest BCUT2D eigenvalue weighted by molar-refractivity contribution is -0.123. The zero-order valence-corrected chi connectivity index (χ0v) is 47.2. The van der Waals surface area contributed by atoms with Gasteiger partial charge in [-0.2, -0.15) is 0 Å². The second kappa shape index (κ2) is 28.2. The standard InChI is InChI=1S/C30H40ClN5O4.C30H34ClN3O4/c1-19(2)40-26-11-10-22(15-24(26)31)28(39)34-23(16-33-27(38)18-37)14-20-6-8-21(9-7-20)25-17-36(13-12-32)29(35-25)30(3,4)5;1-4-27(36)24-6-5-14-34-18-26(33-29(24)34)21-9-7-20(8-10-21)16-23(13-15-35)32-30(37)22-11-12-28(25(31)17-22)38-19(2)3/h6-11,15,17,19,23,37H,12-14,16,18,32H2,1-5H3,(H,33,38)(H,34,39);5-12,14,17-19,23,27,35-36H,4,13,15-16H2,1-3H3,(H,32,37). The lowest BCUT2D eigenvalue weighted by Crippen LogP contribution is -2.45. The molecule has 16 nitrogen and oxygen atoms in total. The van der Waals surface area contributed by atoms with Gasteiger partial charge in [0.1, 0.15) is 29.6 Å². The molecule has 3 heterocycles. The zero-order valence-electron chi connectivity index (χ0n) is 45.7. The summed E-state index contributed by atoms with van der Waals surface area (Å²) in [5.74, 6) is 0.904. The molecule has 4 aromatic carbocycles. The number of carbonyl (C=O) groups is 3. The summed E-state index contributed by atoms with van der Waals surface area (Å²) in [6, 6.07) is 28.9. The topological polar surface area (TPSA) is 228 Å². The number of halogens is 2. The molecule has 0 aliphatic carbocycles. The summed E-state index contributed by atoms with van der Waals surface area (Å²) in [5, 5.41) is 38.4. The van der Waals surface area contributed by atoms with E-state index >= 15 is 0 Å². The molecule has 8 N–H and O–H groups in total. The molecule has 78 heavy (non-hydrogen) atoms. The maximum absolute atomic E-state index is 13.1. The van der Waals surface area contributed by atoms with Crippen molar-refractivity contribution in [3.63, 3.8) is 0 Å². The third-order valence-corrected chi connectivity index (χ3v) is 13.1. The van der Waals surface area contributed by atoms with Gasteiger partial charge in [0.2, 0.25) is 5.91 Å². The van der Waals surface area contributed by atoms with E-state index in [1.165, 1.54) is 0 Å². The summed E-state index contributed by atoms with van der Waals surface area (Å²) in [6.45, 7) is 16.6. The first-order chi connectivity index (χ1) is 37.2. The highest BCUT2D eigenvalue weighted by Crippen LogP contribution is 2.30. The van der Waals surface area contributed by atoms with E-state index < -0.39 is 24.7 Å². The van der Waals surface area contributed by atoms with Crippen LogP contribution in [0.5, 0.6) is 11.5 Å². The van der Waals surface area contributed by atoms with Crippen LogP contribution in [-0.4, -0.2) is 103 Å². The molecule has 0 aliphatic rings. The number of amides is 3. The Bertz CT molecular complexity index is 3100. The van der Waals surface area contributed by atoms with E-state index in [1.807, 2.05) is 118 Å². The second-order valence-corrected chi connectivity index (χ2v) is 21.5. The number of nitrogens with one attached hydrogen (secondary N) is 3. The van der Waals surface area contributed by atoms with Crippen LogP contribution in [-0.2, 0) is 29.6 Å². The highest BCUT2D eigenvalue weighted by atomic mass is 35.5. The minimum atomic E-state index is -0.629. The van der Waals surface area contributed by atoms with Crippen LogP contribution < -0.4 is 31.2 Å². The van der Waals surface area contributed by atoms with Crippen molar-refractivity contribution in [3.05, 3.63) is 159 Å². The molecule has 0 spiro atoms. The van der Waals surface area contributed by atoms with Gasteiger partial charge in [0, 0.05) is 84.1 Å². The van der Waals surface area contributed by atoms with Crippen LogP contribution in [0.1, 0.15) is 118 Å². The van der Waals surface area contributed by atoms with Gasteiger partial charge in [-0.1, -0.05) is 105 Å². The molecule has 7 rings (SSSR count). The molecule has 3 unspecified atom stereocenters. The summed E-state index contributed by atoms with van der Waals surface area (Å²) >= 11 is 12.6. The van der Waals surface area contributed by atoms with Crippen molar-refractivity contribution in [1.29, 1.82) is 0 Å². The van der Waals surface area contributed by atoms with Crippen molar-refractivity contribution in [2.24, 2.45) is 5.73 Å². The van der Waals surface area contributed by atoms with Gasteiger partial charge in [-0.3, -0.25) is 14.4 Å². The number of imidazole rings is 2. The second-order valence-electron chi connectivity index (χ2n) is 20.7. The predicted octanol–water partition coefficient (Wildman–Crippen LogP) is 9.31.